The molecule has 2 unspecified atom stereocenters. The van der Waals surface area contributed by atoms with Crippen molar-refractivity contribution < 1.29 is 38.1 Å². The lowest BCUT2D eigenvalue weighted by Crippen LogP contribution is -2.51. The number of carbonyl (C=O) groups excluding carboxylic acids is 3. The molecule has 1 aromatic rings. The van der Waals surface area contributed by atoms with Gasteiger partial charge in [-0.05, 0) is 60.8 Å². The third kappa shape index (κ3) is 4.88. The minimum Gasteiger partial charge on any atom is -0.493 e. The van der Waals surface area contributed by atoms with Gasteiger partial charge in [0.2, 0.25) is 5.78 Å². The summed E-state index contributed by atoms with van der Waals surface area (Å²) in [5.41, 5.74) is 2.32. The molecule has 2 aliphatic rings. The number of esters is 1. The molecule has 1 aliphatic heterocycles. The zero-order valence-electron chi connectivity index (χ0n) is 19.5. The van der Waals surface area contributed by atoms with Gasteiger partial charge in [0.1, 0.15) is 0 Å². The maximum Gasteiger partial charge on any atom is 0.410 e. The van der Waals surface area contributed by atoms with E-state index in [4.69, 9.17) is 23.7 Å². The first-order valence-corrected chi connectivity index (χ1v) is 10.7. The second-order valence-corrected chi connectivity index (χ2v) is 7.65. The predicted molar refractivity (Wildman–Crippen MR) is 118 cm³/mol. The highest BCUT2D eigenvalue weighted by molar-refractivity contribution is 6.01. The topological polar surface area (TPSA) is 101 Å². The van der Waals surface area contributed by atoms with Crippen LogP contribution in [0.15, 0.2) is 41.5 Å². The van der Waals surface area contributed by atoms with Crippen LogP contribution in [-0.4, -0.2) is 69.1 Å². The van der Waals surface area contributed by atoms with Gasteiger partial charge in [-0.3, -0.25) is 9.59 Å². The third-order valence-electron chi connectivity index (χ3n) is 5.70. The number of likely N-dealkylation sites (tertiary alicyclic amines) is 1. The van der Waals surface area contributed by atoms with Crippen LogP contribution < -0.4 is 9.47 Å². The summed E-state index contributed by atoms with van der Waals surface area (Å²) in [6.07, 6.45) is 3.34. The van der Waals surface area contributed by atoms with Gasteiger partial charge in [-0.25, -0.2) is 4.79 Å². The minimum atomic E-state index is -1.80. The van der Waals surface area contributed by atoms with Crippen molar-refractivity contribution in [2.75, 3.05) is 34.5 Å². The van der Waals surface area contributed by atoms with E-state index in [1.165, 1.54) is 26.2 Å². The van der Waals surface area contributed by atoms with Crippen molar-refractivity contribution in [3.05, 3.63) is 47.1 Å². The molecule has 0 spiro atoms. The van der Waals surface area contributed by atoms with E-state index in [-0.39, 0.29) is 6.61 Å². The zero-order chi connectivity index (χ0) is 24.2. The van der Waals surface area contributed by atoms with Gasteiger partial charge in [-0.1, -0.05) is 6.07 Å². The minimum absolute atomic E-state index is 0.234. The Balaban J connectivity index is 2.02. The molecular formula is C24H29NO8. The largest absolute Gasteiger partial charge is 0.493 e. The molecule has 0 N–H and O–H groups in total. The monoisotopic (exact) mass is 459 g/mol. The van der Waals surface area contributed by atoms with Crippen LogP contribution in [0.4, 0.5) is 4.79 Å². The van der Waals surface area contributed by atoms with Crippen molar-refractivity contribution in [1.82, 2.24) is 4.90 Å². The number of ether oxygens (including phenoxy) is 5. The van der Waals surface area contributed by atoms with Gasteiger partial charge in [0.05, 0.1) is 26.9 Å². The van der Waals surface area contributed by atoms with Crippen LogP contribution in [0.2, 0.25) is 0 Å². The number of hydrogen-bond donors (Lipinski definition) is 0. The number of piperidine rings is 1. The van der Waals surface area contributed by atoms with Crippen LogP contribution in [0.5, 0.6) is 11.5 Å². The summed E-state index contributed by atoms with van der Waals surface area (Å²) in [6.45, 7) is 3.56. The lowest BCUT2D eigenvalue weighted by Gasteiger charge is -2.41. The number of carbonyl (C=O) groups is 3. The number of ketones is 1. The summed E-state index contributed by atoms with van der Waals surface area (Å²) in [5.74, 6) is -1.81. The van der Waals surface area contributed by atoms with Gasteiger partial charge in [-0.2, -0.15) is 0 Å². The van der Waals surface area contributed by atoms with E-state index < -0.39 is 29.7 Å². The van der Waals surface area contributed by atoms with Crippen LogP contribution >= 0.6 is 0 Å². The molecule has 0 radical (unpaired) electrons. The highest BCUT2D eigenvalue weighted by Crippen LogP contribution is 2.38. The Morgan fingerprint density at radius 1 is 1.15 bits per heavy atom. The number of fused-ring (bicyclic) bond motifs is 1. The third-order valence-corrected chi connectivity index (χ3v) is 5.70. The first kappa shape index (κ1) is 24.3. The summed E-state index contributed by atoms with van der Waals surface area (Å²) >= 11 is 0. The molecule has 2 atom stereocenters. The van der Waals surface area contributed by atoms with Gasteiger partial charge >= 0.3 is 12.1 Å². The highest BCUT2D eigenvalue weighted by Gasteiger charge is 2.46. The second kappa shape index (κ2) is 10.1. The zero-order valence-corrected chi connectivity index (χ0v) is 19.5. The first-order valence-electron chi connectivity index (χ1n) is 10.7. The van der Waals surface area contributed by atoms with Gasteiger partial charge < -0.3 is 28.6 Å². The lowest BCUT2D eigenvalue weighted by molar-refractivity contribution is -0.199. The average Bonchev–Trinajstić information content (AvgIpc) is 2.79. The fourth-order valence-electron chi connectivity index (χ4n) is 4.18. The van der Waals surface area contributed by atoms with Crippen molar-refractivity contribution in [2.24, 2.45) is 0 Å². The summed E-state index contributed by atoms with van der Waals surface area (Å²) in [4.78, 5) is 39.0. The summed E-state index contributed by atoms with van der Waals surface area (Å²) < 4.78 is 26.6. The predicted octanol–water partition coefficient (Wildman–Crippen LogP) is 2.82. The van der Waals surface area contributed by atoms with Crippen LogP contribution in [0.1, 0.15) is 25.8 Å². The Bertz CT molecular complexity index is 998. The molecule has 33 heavy (non-hydrogen) atoms. The van der Waals surface area contributed by atoms with Crippen molar-refractivity contribution >= 4 is 17.8 Å². The maximum absolute atomic E-state index is 13.0. The van der Waals surface area contributed by atoms with E-state index in [0.717, 1.165) is 11.1 Å². The Labute approximate surface area is 192 Å². The molecule has 9 heteroatoms. The second-order valence-electron chi connectivity index (χ2n) is 7.65. The Kier molecular flexibility index (Phi) is 7.43. The van der Waals surface area contributed by atoms with Gasteiger partial charge in [0, 0.05) is 20.6 Å². The molecule has 1 aromatic carbocycles. The van der Waals surface area contributed by atoms with Crippen molar-refractivity contribution in [3.8, 4) is 11.5 Å². The number of benzene rings is 1. The average molecular weight is 459 g/mol. The van der Waals surface area contributed by atoms with E-state index in [1.807, 2.05) is 12.1 Å². The van der Waals surface area contributed by atoms with Crippen molar-refractivity contribution in [3.63, 3.8) is 0 Å². The molecule has 0 aromatic heterocycles. The fraction of sp³-hybridized carbons (Fsp3) is 0.458. The lowest BCUT2D eigenvalue weighted by atomic mass is 9.81. The maximum atomic E-state index is 13.0. The van der Waals surface area contributed by atoms with E-state index in [2.05, 4.69) is 0 Å². The van der Waals surface area contributed by atoms with Crippen LogP contribution in [0.3, 0.4) is 0 Å². The molecule has 0 saturated carbocycles. The standard InChI is InChI=1S/C24H29NO8/c1-6-32-23(28)25-10-9-17-14-24(31-5,33-15(2)26)22(27)13-18(17)19(25)11-16-7-8-20(29-3)21(12-16)30-4/h7-8,12-14,19H,6,9-11H2,1-5H3. The van der Waals surface area contributed by atoms with E-state index in [0.29, 0.717) is 36.5 Å². The fourth-order valence-corrected chi connectivity index (χ4v) is 4.18. The van der Waals surface area contributed by atoms with Gasteiger partial charge in [-0.15, -0.1) is 0 Å². The SMILES string of the molecule is CCOC(=O)N1CCC2=CC(OC)(OC(C)=O)C(=O)C=C2C1Cc1ccc(OC)c(OC)c1. The molecule has 1 amide bonds. The van der Waals surface area contributed by atoms with Crippen LogP contribution in [0.25, 0.3) is 0 Å². The summed E-state index contributed by atoms with van der Waals surface area (Å²) in [7, 11) is 4.42. The van der Waals surface area contributed by atoms with Gasteiger partial charge in [0.15, 0.2) is 11.5 Å². The molecule has 1 saturated heterocycles. The number of rotatable bonds is 7. The van der Waals surface area contributed by atoms with Crippen molar-refractivity contribution in [2.45, 2.75) is 38.5 Å². The Morgan fingerprint density at radius 2 is 1.88 bits per heavy atom. The summed E-state index contributed by atoms with van der Waals surface area (Å²) in [5, 5.41) is 0. The highest BCUT2D eigenvalue weighted by atomic mass is 16.7. The first-order chi connectivity index (χ1) is 15.8. The van der Waals surface area contributed by atoms with Gasteiger partial charge in [0.25, 0.3) is 5.79 Å². The Morgan fingerprint density at radius 3 is 2.48 bits per heavy atom. The van der Waals surface area contributed by atoms with Crippen LogP contribution in [0, 0.1) is 0 Å². The number of amides is 1. The number of nitrogens with zero attached hydrogens (tertiary/aromatic N) is 1. The van der Waals surface area contributed by atoms with Crippen molar-refractivity contribution in [1.29, 1.82) is 0 Å². The van der Waals surface area contributed by atoms with E-state index in [9.17, 15) is 14.4 Å². The smallest absolute Gasteiger partial charge is 0.410 e. The Hall–Kier alpha value is -3.33. The molecule has 1 fully saturated rings. The normalized spacial score (nSPS) is 22.0. The quantitative estimate of drug-likeness (QED) is 0.453. The molecule has 9 nitrogen and oxygen atoms in total. The number of methoxy groups -OCH3 is 3. The molecular weight excluding hydrogens is 430 g/mol. The molecule has 178 valence electrons. The molecule has 3 rings (SSSR count). The van der Waals surface area contributed by atoms with E-state index >= 15 is 0 Å². The van der Waals surface area contributed by atoms with Crippen LogP contribution in [-0.2, 0) is 30.2 Å². The molecule has 1 aliphatic carbocycles. The molecule has 0 bridgehead atoms. The number of hydrogen-bond acceptors (Lipinski definition) is 8. The molecule has 1 heterocycles. The van der Waals surface area contributed by atoms with E-state index in [1.54, 1.807) is 32.1 Å². The summed E-state index contributed by atoms with van der Waals surface area (Å²) in [6, 6.07) is 5.04.